The largest absolute Gasteiger partial charge is 0.319 e. The van der Waals surface area contributed by atoms with Gasteiger partial charge >= 0.3 is 5.56 Å². The Morgan fingerprint density at radius 1 is 1.73 bits per heavy atom. The molecule has 0 N–H and O–H groups in total. The number of hydrogen-bond donors (Lipinski definition) is 0. The lowest BCUT2D eigenvalue weighted by atomic mass is 10.8. The van der Waals surface area contributed by atoms with Gasteiger partial charge in [-0.2, -0.15) is 0 Å². The summed E-state index contributed by atoms with van der Waals surface area (Å²) in [6, 6.07) is 0. The first kappa shape index (κ1) is 8.26. The van der Waals surface area contributed by atoms with Gasteiger partial charge in [0.2, 0.25) is 5.16 Å². The number of hydrogen-bond acceptors (Lipinski definition) is 3. The van der Waals surface area contributed by atoms with Gasteiger partial charge in [-0.05, 0) is 6.26 Å². The molecule has 0 radical (unpaired) electrons. The second-order valence-corrected chi connectivity index (χ2v) is 2.96. The Morgan fingerprint density at radius 2 is 2.36 bits per heavy atom. The molecule has 1 aromatic heterocycles. The number of thioether (sulfide) groups is 1. The van der Waals surface area contributed by atoms with E-state index in [9.17, 15) is 4.79 Å². The number of nitrogens with zero attached hydrogens (tertiary/aromatic N) is 3. The predicted molar refractivity (Wildman–Crippen MR) is 42.4 cm³/mol. The van der Waals surface area contributed by atoms with Gasteiger partial charge in [-0.3, -0.25) is 9.36 Å². The fourth-order valence-electron chi connectivity index (χ4n) is 0.749. The van der Waals surface area contributed by atoms with Gasteiger partial charge in [0.05, 0.1) is 0 Å². The summed E-state index contributed by atoms with van der Waals surface area (Å²) < 4.78 is 3.04. The molecule has 60 valence electrons. The van der Waals surface area contributed by atoms with Crippen molar-refractivity contribution < 1.29 is 4.68 Å². The zero-order chi connectivity index (χ0) is 8.43. The van der Waals surface area contributed by atoms with E-state index in [4.69, 9.17) is 0 Å². The molecule has 1 heterocycles. The third kappa shape index (κ3) is 1.59. The van der Waals surface area contributed by atoms with E-state index in [1.807, 2.05) is 6.26 Å². The van der Waals surface area contributed by atoms with Crippen LogP contribution in [0.4, 0.5) is 0 Å². The number of aromatic nitrogens is 3. The molecule has 0 aliphatic carbocycles. The molecule has 1 rings (SSSR count). The monoisotopic (exact) mass is 172 g/mol. The summed E-state index contributed by atoms with van der Waals surface area (Å²) >= 11 is 1.45. The number of rotatable bonds is 1. The summed E-state index contributed by atoms with van der Waals surface area (Å²) in [5.41, 5.74) is -0.0353. The molecule has 0 spiro atoms. The predicted octanol–water partition coefficient (Wildman–Crippen LogP) is -0.673. The highest BCUT2D eigenvalue weighted by Gasteiger charge is 2.06. The van der Waals surface area contributed by atoms with Crippen molar-refractivity contribution in [1.82, 2.24) is 9.67 Å². The van der Waals surface area contributed by atoms with Crippen molar-refractivity contribution in [1.29, 1.82) is 0 Å². The Labute approximate surface area is 68.9 Å². The quantitative estimate of drug-likeness (QED) is 0.416. The van der Waals surface area contributed by atoms with Gasteiger partial charge in [0.1, 0.15) is 0 Å². The van der Waals surface area contributed by atoms with E-state index >= 15 is 0 Å². The van der Waals surface area contributed by atoms with E-state index in [0.717, 1.165) is 5.16 Å². The van der Waals surface area contributed by atoms with E-state index in [1.165, 1.54) is 27.2 Å². The molecule has 0 atom stereocenters. The molecule has 5 heteroatoms. The van der Waals surface area contributed by atoms with Crippen LogP contribution in [0.15, 0.2) is 16.1 Å². The second-order valence-electron chi connectivity index (χ2n) is 2.19. The molecule has 0 amide bonds. The minimum Gasteiger partial charge on any atom is -0.281 e. The summed E-state index contributed by atoms with van der Waals surface area (Å²) in [6.07, 6.45) is 3.33. The zero-order valence-corrected chi connectivity index (χ0v) is 7.55. The third-order valence-corrected chi connectivity index (χ3v) is 2.06. The molecule has 11 heavy (non-hydrogen) atoms. The summed E-state index contributed by atoms with van der Waals surface area (Å²) in [4.78, 5) is 11.1. The summed E-state index contributed by atoms with van der Waals surface area (Å²) in [5, 5.41) is 4.82. The highest BCUT2D eigenvalue weighted by molar-refractivity contribution is 7.98. The number of aryl methyl sites for hydroxylation is 1. The van der Waals surface area contributed by atoms with Crippen molar-refractivity contribution >= 4 is 11.8 Å². The normalized spacial score (nSPS) is 10.1. The maximum Gasteiger partial charge on any atom is 0.319 e. The smallest absolute Gasteiger partial charge is 0.281 e. The van der Waals surface area contributed by atoms with Crippen LogP contribution in [-0.4, -0.2) is 15.9 Å². The van der Waals surface area contributed by atoms with Crippen LogP contribution >= 0.6 is 11.8 Å². The first-order valence-electron chi connectivity index (χ1n) is 3.13. The van der Waals surface area contributed by atoms with Crippen molar-refractivity contribution in [2.24, 2.45) is 14.1 Å². The highest BCUT2D eigenvalue weighted by atomic mass is 32.2. The lowest BCUT2D eigenvalue weighted by molar-refractivity contribution is -0.736. The highest BCUT2D eigenvalue weighted by Crippen LogP contribution is 2.03. The standard InChI is InChI=1S/C6H10N3OS/c1-8-4-5(10)9(2)6(7-8)11-3/h4H,1-3H3/q+1. The fourth-order valence-corrected chi connectivity index (χ4v) is 1.32. The van der Waals surface area contributed by atoms with Crippen LogP contribution < -0.4 is 10.2 Å². The Balaban J connectivity index is 3.36. The fraction of sp³-hybridized carbons (Fsp3) is 0.500. The molecule has 0 aliphatic heterocycles. The van der Waals surface area contributed by atoms with E-state index in [2.05, 4.69) is 5.10 Å². The van der Waals surface area contributed by atoms with Crippen LogP contribution in [-0.2, 0) is 14.1 Å². The van der Waals surface area contributed by atoms with E-state index < -0.39 is 0 Å². The molecule has 0 aliphatic rings. The van der Waals surface area contributed by atoms with E-state index in [0.29, 0.717) is 0 Å². The SMILES string of the molecule is CSc1n[n+](C)cc(=O)n1C. The molecular weight excluding hydrogens is 162 g/mol. The topological polar surface area (TPSA) is 38.8 Å². The lowest BCUT2D eigenvalue weighted by Crippen LogP contribution is -2.41. The minimum atomic E-state index is -0.0353. The first-order chi connectivity index (χ1) is 5.15. The van der Waals surface area contributed by atoms with Crippen molar-refractivity contribution in [3.8, 4) is 0 Å². The first-order valence-corrected chi connectivity index (χ1v) is 4.35. The third-order valence-electron chi connectivity index (χ3n) is 1.34. The Morgan fingerprint density at radius 3 is 2.91 bits per heavy atom. The van der Waals surface area contributed by atoms with Gasteiger partial charge in [-0.15, -0.1) is 0 Å². The molecular formula is C6H10N3OS+. The van der Waals surface area contributed by atoms with Crippen LogP contribution in [0.3, 0.4) is 0 Å². The van der Waals surface area contributed by atoms with Gasteiger partial charge in [0.15, 0.2) is 7.05 Å². The summed E-state index contributed by atoms with van der Waals surface area (Å²) in [7, 11) is 3.45. The van der Waals surface area contributed by atoms with Crippen molar-refractivity contribution in [3.05, 3.63) is 16.6 Å². The Bertz CT molecular complexity index is 320. The van der Waals surface area contributed by atoms with Crippen molar-refractivity contribution in [2.75, 3.05) is 6.26 Å². The zero-order valence-electron chi connectivity index (χ0n) is 6.74. The molecule has 0 unspecified atom stereocenters. The average Bonchev–Trinajstić information content (AvgIpc) is 1.96. The molecule has 0 aromatic carbocycles. The molecule has 4 nitrogen and oxygen atoms in total. The van der Waals surface area contributed by atoms with Crippen LogP contribution in [0.1, 0.15) is 0 Å². The lowest BCUT2D eigenvalue weighted by Gasteiger charge is -1.97. The van der Waals surface area contributed by atoms with Gasteiger partial charge in [0, 0.05) is 12.1 Å². The van der Waals surface area contributed by atoms with Gasteiger partial charge in [-0.1, -0.05) is 16.4 Å². The maximum atomic E-state index is 11.1. The Kier molecular flexibility index (Phi) is 2.28. The van der Waals surface area contributed by atoms with E-state index in [1.54, 1.807) is 14.1 Å². The van der Waals surface area contributed by atoms with E-state index in [-0.39, 0.29) is 5.56 Å². The maximum absolute atomic E-state index is 11.1. The van der Waals surface area contributed by atoms with Gasteiger partial charge in [0.25, 0.3) is 6.20 Å². The van der Waals surface area contributed by atoms with Crippen LogP contribution in [0.5, 0.6) is 0 Å². The average molecular weight is 172 g/mol. The van der Waals surface area contributed by atoms with Crippen LogP contribution in [0.2, 0.25) is 0 Å². The summed E-state index contributed by atoms with van der Waals surface area (Å²) in [6.45, 7) is 0. The van der Waals surface area contributed by atoms with Gasteiger partial charge < -0.3 is 0 Å². The van der Waals surface area contributed by atoms with Crippen LogP contribution in [0.25, 0.3) is 0 Å². The molecule has 0 saturated carbocycles. The van der Waals surface area contributed by atoms with Gasteiger partial charge in [-0.25, -0.2) is 0 Å². The molecule has 0 fully saturated rings. The molecule has 1 aromatic rings. The van der Waals surface area contributed by atoms with Crippen molar-refractivity contribution in [2.45, 2.75) is 5.16 Å². The Hall–Kier alpha value is -0.840. The molecule has 0 bridgehead atoms. The second kappa shape index (κ2) is 3.04. The molecule has 0 saturated heterocycles. The van der Waals surface area contributed by atoms with Crippen molar-refractivity contribution in [3.63, 3.8) is 0 Å². The summed E-state index contributed by atoms with van der Waals surface area (Å²) in [5.74, 6) is 0. The minimum absolute atomic E-state index is 0.0353. The van der Waals surface area contributed by atoms with Crippen LogP contribution in [0, 0.1) is 0 Å².